The summed E-state index contributed by atoms with van der Waals surface area (Å²) in [6.45, 7) is 7.24. The van der Waals surface area contributed by atoms with Gasteiger partial charge in [-0.05, 0) is 25.8 Å². The van der Waals surface area contributed by atoms with E-state index in [-0.39, 0.29) is 11.9 Å². The van der Waals surface area contributed by atoms with Crippen molar-refractivity contribution in [2.45, 2.75) is 39.7 Å². The van der Waals surface area contributed by atoms with Crippen LogP contribution in [0.5, 0.6) is 0 Å². The van der Waals surface area contributed by atoms with Crippen LogP contribution in [-0.4, -0.2) is 37.5 Å². The summed E-state index contributed by atoms with van der Waals surface area (Å²) in [4.78, 5) is 13.1. The molecule has 0 aliphatic heterocycles. The zero-order chi connectivity index (χ0) is 11.1. The predicted molar refractivity (Wildman–Crippen MR) is 60.2 cm³/mol. The molecule has 0 aliphatic carbocycles. The maximum Gasteiger partial charge on any atom is 0.238 e. The van der Waals surface area contributed by atoms with Crippen LogP contribution in [0.4, 0.5) is 0 Å². The molecule has 84 valence electrons. The topological polar surface area (TPSA) is 32.3 Å². The maximum absolute atomic E-state index is 11.5. The third kappa shape index (κ3) is 5.22. The van der Waals surface area contributed by atoms with E-state index in [0.29, 0.717) is 5.92 Å². The molecule has 3 heteroatoms. The zero-order valence-electron chi connectivity index (χ0n) is 10.1. The summed E-state index contributed by atoms with van der Waals surface area (Å²) < 4.78 is 0. The van der Waals surface area contributed by atoms with Gasteiger partial charge in [-0.3, -0.25) is 4.79 Å². The number of hydrogen-bond donors (Lipinski definition) is 1. The number of likely N-dealkylation sites (N-methyl/N-ethyl adjacent to an activating group) is 1. The average molecular weight is 200 g/mol. The van der Waals surface area contributed by atoms with Crippen LogP contribution in [0.1, 0.15) is 33.6 Å². The van der Waals surface area contributed by atoms with Crippen molar-refractivity contribution in [1.29, 1.82) is 0 Å². The smallest absolute Gasteiger partial charge is 0.238 e. The lowest BCUT2D eigenvalue weighted by atomic mass is 10.1. The second kappa shape index (κ2) is 6.82. The Morgan fingerprint density at radius 3 is 2.36 bits per heavy atom. The van der Waals surface area contributed by atoms with Gasteiger partial charge in [0.15, 0.2) is 0 Å². The minimum Gasteiger partial charge on any atom is -0.347 e. The van der Waals surface area contributed by atoms with Gasteiger partial charge in [0, 0.05) is 14.1 Å². The van der Waals surface area contributed by atoms with E-state index in [1.54, 1.807) is 19.0 Å². The van der Waals surface area contributed by atoms with Gasteiger partial charge in [0.25, 0.3) is 0 Å². The van der Waals surface area contributed by atoms with Crippen molar-refractivity contribution in [2.24, 2.45) is 5.92 Å². The van der Waals surface area contributed by atoms with Crippen LogP contribution in [0.3, 0.4) is 0 Å². The Labute approximate surface area is 87.9 Å². The monoisotopic (exact) mass is 200 g/mol. The Bertz CT molecular complexity index is 169. The quantitative estimate of drug-likeness (QED) is 0.704. The molecular formula is C11H24N2O. The summed E-state index contributed by atoms with van der Waals surface area (Å²) in [6.07, 6.45) is 2.43. The molecule has 1 unspecified atom stereocenters. The number of hydrogen-bond acceptors (Lipinski definition) is 2. The summed E-state index contributed by atoms with van der Waals surface area (Å²) in [5, 5.41) is 3.26. The minimum absolute atomic E-state index is 0.0655. The summed E-state index contributed by atoms with van der Waals surface area (Å²) in [6, 6.07) is -0.0655. The van der Waals surface area contributed by atoms with Gasteiger partial charge < -0.3 is 10.2 Å². The molecule has 0 heterocycles. The highest BCUT2D eigenvalue weighted by Gasteiger charge is 2.14. The molecule has 0 aromatic rings. The van der Waals surface area contributed by atoms with E-state index < -0.39 is 0 Å². The van der Waals surface area contributed by atoms with Gasteiger partial charge in [0.2, 0.25) is 5.91 Å². The second-order valence-electron chi connectivity index (χ2n) is 4.26. The van der Waals surface area contributed by atoms with E-state index in [9.17, 15) is 4.79 Å². The Hall–Kier alpha value is -0.570. The van der Waals surface area contributed by atoms with Gasteiger partial charge >= 0.3 is 0 Å². The van der Waals surface area contributed by atoms with E-state index in [0.717, 1.165) is 6.54 Å². The maximum atomic E-state index is 11.5. The summed E-state index contributed by atoms with van der Waals surface area (Å²) in [5.74, 6) is 0.797. The first-order valence-electron chi connectivity index (χ1n) is 5.43. The molecule has 0 aromatic carbocycles. The number of carbonyl (C=O) groups excluding carboxylic acids is 1. The van der Waals surface area contributed by atoms with Crippen LogP contribution < -0.4 is 5.32 Å². The van der Waals surface area contributed by atoms with Gasteiger partial charge in [-0.25, -0.2) is 0 Å². The van der Waals surface area contributed by atoms with Crippen LogP contribution in [0.15, 0.2) is 0 Å². The summed E-state index contributed by atoms with van der Waals surface area (Å²) in [5.41, 5.74) is 0. The van der Waals surface area contributed by atoms with Gasteiger partial charge in [-0.2, -0.15) is 0 Å². The molecule has 0 spiro atoms. The van der Waals surface area contributed by atoms with Crippen molar-refractivity contribution in [3.05, 3.63) is 0 Å². The van der Waals surface area contributed by atoms with Crippen LogP contribution in [0.2, 0.25) is 0 Å². The molecule has 3 nitrogen and oxygen atoms in total. The molecule has 0 bridgehead atoms. The number of carbonyl (C=O) groups is 1. The van der Waals surface area contributed by atoms with Crippen LogP contribution in [-0.2, 0) is 4.79 Å². The van der Waals surface area contributed by atoms with Crippen LogP contribution >= 0.6 is 0 Å². The lowest BCUT2D eigenvalue weighted by molar-refractivity contribution is -0.130. The highest BCUT2D eigenvalue weighted by atomic mass is 16.2. The highest BCUT2D eigenvalue weighted by molar-refractivity contribution is 5.80. The molecule has 0 rings (SSSR count). The van der Waals surface area contributed by atoms with E-state index >= 15 is 0 Å². The van der Waals surface area contributed by atoms with Crippen molar-refractivity contribution in [1.82, 2.24) is 10.2 Å². The molecule has 14 heavy (non-hydrogen) atoms. The van der Waals surface area contributed by atoms with E-state index in [4.69, 9.17) is 0 Å². The van der Waals surface area contributed by atoms with Gasteiger partial charge in [-0.1, -0.05) is 20.3 Å². The SMILES string of the molecule is CCCC(C)CN[C@H](C)C(=O)N(C)C. The number of amides is 1. The normalized spacial score (nSPS) is 14.9. The molecule has 0 aromatic heterocycles. The molecule has 0 saturated heterocycles. The first-order chi connectivity index (χ1) is 6.49. The van der Waals surface area contributed by atoms with Crippen molar-refractivity contribution >= 4 is 5.91 Å². The third-order valence-electron chi connectivity index (χ3n) is 2.37. The van der Waals surface area contributed by atoms with Gasteiger partial charge in [-0.15, -0.1) is 0 Å². The van der Waals surface area contributed by atoms with Gasteiger partial charge in [0.05, 0.1) is 6.04 Å². The second-order valence-corrected chi connectivity index (χ2v) is 4.26. The highest BCUT2D eigenvalue weighted by Crippen LogP contribution is 2.03. The predicted octanol–water partition coefficient (Wildman–Crippen LogP) is 1.49. The Balaban J connectivity index is 3.73. The third-order valence-corrected chi connectivity index (χ3v) is 2.37. The fraction of sp³-hybridized carbons (Fsp3) is 0.909. The molecular weight excluding hydrogens is 176 g/mol. The Kier molecular flexibility index (Phi) is 6.54. The molecule has 1 amide bonds. The lowest BCUT2D eigenvalue weighted by Crippen LogP contribution is -2.42. The van der Waals surface area contributed by atoms with E-state index in [2.05, 4.69) is 19.2 Å². The number of nitrogens with one attached hydrogen (secondary N) is 1. The van der Waals surface area contributed by atoms with Crippen molar-refractivity contribution in [3.8, 4) is 0 Å². The van der Waals surface area contributed by atoms with Crippen molar-refractivity contribution in [2.75, 3.05) is 20.6 Å². The molecule has 0 saturated carbocycles. The Morgan fingerprint density at radius 1 is 1.36 bits per heavy atom. The zero-order valence-corrected chi connectivity index (χ0v) is 10.1. The van der Waals surface area contributed by atoms with E-state index in [1.165, 1.54) is 12.8 Å². The first kappa shape index (κ1) is 13.4. The first-order valence-corrected chi connectivity index (χ1v) is 5.43. The van der Waals surface area contributed by atoms with Gasteiger partial charge in [0.1, 0.15) is 0 Å². The number of rotatable bonds is 6. The fourth-order valence-corrected chi connectivity index (χ4v) is 1.45. The lowest BCUT2D eigenvalue weighted by Gasteiger charge is -2.20. The summed E-state index contributed by atoms with van der Waals surface area (Å²) >= 11 is 0. The molecule has 0 fully saturated rings. The standard InChI is InChI=1S/C11H24N2O/c1-6-7-9(2)8-12-10(3)11(14)13(4)5/h9-10,12H,6-8H2,1-5H3/t9?,10-/m1/s1. The van der Waals surface area contributed by atoms with Crippen molar-refractivity contribution < 1.29 is 4.79 Å². The molecule has 2 atom stereocenters. The summed E-state index contributed by atoms with van der Waals surface area (Å²) in [7, 11) is 3.58. The molecule has 1 N–H and O–H groups in total. The van der Waals surface area contributed by atoms with Crippen molar-refractivity contribution in [3.63, 3.8) is 0 Å². The minimum atomic E-state index is -0.0655. The van der Waals surface area contributed by atoms with Crippen LogP contribution in [0.25, 0.3) is 0 Å². The molecule has 0 radical (unpaired) electrons. The average Bonchev–Trinajstić information content (AvgIpc) is 2.13. The molecule has 0 aliphatic rings. The van der Waals surface area contributed by atoms with E-state index in [1.807, 2.05) is 6.92 Å². The van der Waals surface area contributed by atoms with Crippen LogP contribution in [0, 0.1) is 5.92 Å². The Morgan fingerprint density at radius 2 is 1.93 bits per heavy atom. The number of nitrogens with zero attached hydrogens (tertiary/aromatic N) is 1. The largest absolute Gasteiger partial charge is 0.347 e. The fourth-order valence-electron chi connectivity index (χ4n) is 1.45.